The summed E-state index contributed by atoms with van der Waals surface area (Å²) >= 11 is 0. The van der Waals surface area contributed by atoms with Crippen molar-refractivity contribution in [2.45, 2.75) is 348 Å². The molecule has 0 saturated heterocycles. The third kappa shape index (κ3) is 63.6. The highest BCUT2D eigenvalue weighted by molar-refractivity contribution is 5.71. The zero-order valence-electron chi connectivity index (χ0n) is 51.2. The van der Waals surface area contributed by atoms with Crippen LogP contribution in [0.25, 0.3) is 0 Å². The van der Waals surface area contributed by atoms with Crippen molar-refractivity contribution in [3.8, 4) is 0 Å². The van der Waals surface area contributed by atoms with Gasteiger partial charge in [0.15, 0.2) is 6.10 Å². The van der Waals surface area contributed by atoms with E-state index in [2.05, 4.69) is 93.7 Å². The van der Waals surface area contributed by atoms with E-state index in [9.17, 15) is 14.4 Å². The Labute approximate surface area is 478 Å². The van der Waals surface area contributed by atoms with Gasteiger partial charge in [0.25, 0.3) is 0 Å². The smallest absolute Gasteiger partial charge is 0.306 e. The first-order valence-corrected chi connectivity index (χ1v) is 33.4. The van der Waals surface area contributed by atoms with Gasteiger partial charge in [-0.1, -0.05) is 306 Å². The maximum atomic E-state index is 12.9. The van der Waals surface area contributed by atoms with Crippen molar-refractivity contribution in [3.63, 3.8) is 0 Å². The number of ether oxygens (including phenoxy) is 3. The van der Waals surface area contributed by atoms with E-state index in [0.29, 0.717) is 19.3 Å². The molecule has 6 heteroatoms. The number of rotatable bonds is 61. The van der Waals surface area contributed by atoms with Gasteiger partial charge in [-0.25, -0.2) is 0 Å². The first-order valence-electron chi connectivity index (χ1n) is 33.4. The highest BCUT2D eigenvalue weighted by Crippen LogP contribution is 2.17. The van der Waals surface area contributed by atoms with Gasteiger partial charge in [0.05, 0.1) is 0 Å². The van der Waals surface area contributed by atoms with E-state index in [1.54, 1.807) is 0 Å². The third-order valence-corrected chi connectivity index (χ3v) is 14.7. The Kier molecular flexibility index (Phi) is 62.7. The molecule has 0 amide bonds. The van der Waals surface area contributed by atoms with Crippen molar-refractivity contribution in [3.05, 3.63) is 72.9 Å². The van der Waals surface area contributed by atoms with Crippen LogP contribution < -0.4 is 0 Å². The molecule has 0 aliphatic rings. The first-order chi connectivity index (χ1) is 38.0. The summed E-state index contributed by atoms with van der Waals surface area (Å²) in [5.41, 5.74) is 0. The summed E-state index contributed by atoms with van der Waals surface area (Å²) in [6.45, 7) is 6.56. The number of carbonyl (C=O) groups excluding carboxylic acids is 3. The maximum Gasteiger partial charge on any atom is 0.306 e. The van der Waals surface area contributed by atoms with Gasteiger partial charge in [0, 0.05) is 19.3 Å². The van der Waals surface area contributed by atoms with E-state index in [1.165, 1.54) is 212 Å². The standard InChI is InChI=1S/C71H126O6/c1-4-7-10-13-16-19-22-25-27-29-31-32-33-34-35-36-37-38-39-40-41-43-44-46-49-52-55-58-61-64-70(73)76-67-68(66-75-69(72)63-60-57-54-51-48-24-21-18-15-12-9-6-3)77-71(74)65-62-59-56-53-50-47-45-42-30-28-26-23-20-17-14-11-8-5-2/h7,10,16,19,25,27-28,30-32,34-35,68H,4-6,8-9,11-15,17-18,20-24,26,29,33,36-67H2,1-3H3/b10-7-,19-16-,27-25-,30-28-,32-31-,35-34-. The Morgan fingerprint density at radius 2 is 0.506 bits per heavy atom. The Morgan fingerprint density at radius 3 is 0.805 bits per heavy atom. The molecule has 0 radical (unpaired) electrons. The van der Waals surface area contributed by atoms with Crippen LogP contribution in [0.15, 0.2) is 72.9 Å². The predicted octanol–water partition coefficient (Wildman–Crippen LogP) is 22.9. The van der Waals surface area contributed by atoms with Gasteiger partial charge >= 0.3 is 17.9 Å². The molecule has 0 aliphatic carbocycles. The van der Waals surface area contributed by atoms with Crippen LogP contribution in [0.5, 0.6) is 0 Å². The van der Waals surface area contributed by atoms with Crippen LogP contribution in [0.3, 0.4) is 0 Å². The third-order valence-electron chi connectivity index (χ3n) is 14.7. The minimum atomic E-state index is -0.776. The van der Waals surface area contributed by atoms with Crippen LogP contribution in [0.2, 0.25) is 0 Å². The molecule has 0 bridgehead atoms. The lowest BCUT2D eigenvalue weighted by atomic mass is 10.0. The van der Waals surface area contributed by atoms with Gasteiger partial charge in [-0.2, -0.15) is 0 Å². The second-order valence-corrected chi connectivity index (χ2v) is 22.4. The minimum absolute atomic E-state index is 0.0726. The molecule has 0 aliphatic heterocycles. The molecule has 1 atom stereocenters. The van der Waals surface area contributed by atoms with E-state index in [-0.39, 0.29) is 31.1 Å². The van der Waals surface area contributed by atoms with Crippen molar-refractivity contribution in [2.24, 2.45) is 0 Å². The van der Waals surface area contributed by atoms with E-state index < -0.39 is 6.10 Å². The Balaban J connectivity index is 4.22. The van der Waals surface area contributed by atoms with Gasteiger partial charge in [0.2, 0.25) is 0 Å². The Bertz CT molecular complexity index is 1420. The first kappa shape index (κ1) is 73.8. The summed E-state index contributed by atoms with van der Waals surface area (Å²) in [7, 11) is 0. The number of allylic oxidation sites excluding steroid dienone is 12. The highest BCUT2D eigenvalue weighted by Gasteiger charge is 2.19. The molecule has 0 heterocycles. The van der Waals surface area contributed by atoms with Crippen LogP contribution in [0.1, 0.15) is 342 Å². The highest BCUT2D eigenvalue weighted by atomic mass is 16.6. The summed E-state index contributed by atoms with van der Waals surface area (Å²) in [6, 6.07) is 0. The molecule has 0 rings (SSSR count). The lowest BCUT2D eigenvalue weighted by Gasteiger charge is -2.18. The molecule has 6 nitrogen and oxygen atoms in total. The molecule has 446 valence electrons. The molecule has 0 fully saturated rings. The largest absolute Gasteiger partial charge is 0.462 e. The molecule has 1 unspecified atom stereocenters. The average molecular weight is 1080 g/mol. The summed E-state index contributed by atoms with van der Waals surface area (Å²) in [4.78, 5) is 38.3. The zero-order chi connectivity index (χ0) is 55.7. The van der Waals surface area contributed by atoms with Crippen LogP contribution in [0.4, 0.5) is 0 Å². The lowest BCUT2D eigenvalue weighted by Crippen LogP contribution is -2.30. The summed E-state index contributed by atoms with van der Waals surface area (Å²) in [5.74, 6) is -0.860. The Morgan fingerprint density at radius 1 is 0.273 bits per heavy atom. The minimum Gasteiger partial charge on any atom is -0.462 e. The van der Waals surface area contributed by atoms with Gasteiger partial charge in [-0.3, -0.25) is 14.4 Å². The van der Waals surface area contributed by atoms with Gasteiger partial charge in [-0.15, -0.1) is 0 Å². The van der Waals surface area contributed by atoms with Crippen molar-refractivity contribution >= 4 is 17.9 Å². The molecule has 0 aromatic carbocycles. The number of carbonyl (C=O) groups is 3. The number of hydrogen-bond donors (Lipinski definition) is 0. The second-order valence-electron chi connectivity index (χ2n) is 22.4. The fourth-order valence-electron chi connectivity index (χ4n) is 9.70. The fraction of sp³-hybridized carbons (Fsp3) is 0.789. The fourth-order valence-corrected chi connectivity index (χ4v) is 9.70. The van der Waals surface area contributed by atoms with Crippen molar-refractivity contribution in [1.29, 1.82) is 0 Å². The average Bonchev–Trinajstić information content (AvgIpc) is 3.43. The summed E-state index contributed by atoms with van der Waals surface area (Å²) in [6.07, 6.45) is 84.9. The summed E-state index contributed by atoms with van der Waals surface area (Å²) in [5, 5.41) is 0. The second kappa shape index (κ2) is 65.4. The van der Waals surface area contributed by atoms with E-state index >= 15 is 0 Å². The lowest BCUT2D eigenvalue weighted by molar-refractivity contribution is -0.167. The molecule has 0 aromatic rings. The molecule has 0 saturated carbocycles. The number of esters is 3. The SMILES string of the molecule is CC/C=C\C/C=C\C/C=C\C/C=C\C/C=C\CCCCCCCCCCCCCCCC(=O)OCC(COC(=O)CCCCCCCCCCCCCC)OC(=O)CCCCCCCCC/C=C\CCCCCCCCC. The van der Waals surface area contributed by atoms with E-state index in [0.717, 1.165) is 89.9 Å². The topological polar surface area (TPSA) is 78.9 Å². The van der Waals surface area contributed by atoms with Crippen molar-refractivity contribution < 1.29 is 28.6 Å². The van der Waals surface area contributed by atoms with Crippen molar-refractivity contribution in [2.75, 3.05) is 13.2 Å². The number of hydrogen-bond acceptors (Lipinski definition) is 6. The molecular weight excluding hydrogens is 949 g/mol. The molecule has 0 N–H and O–H groups in total. The molecular formula is C71H126O6. The van der Waals surface area contributed by atoms with Crippen molar-refractivity contribution in [1.82, 2.24) is 0 Å². The number of unbranched alkanes of at least 4 members (excludes halogenated alkanes) is 38. The monoisotopic (exact) mass is 1070 g/mol. The van der Waals surface area contributed by atoms with E-state index in [1.807, 2.05) is 0 Å². The van der Waals surface area contributed by atoms with Gasteiger partial charge in [-0.05, 0) is 89.9 Å². The van der Waals surface area contributed by atoms with Crippen LogP contribution in [0, 0.1) is 0 Å². The Hall–Kier alpha value is -3.15. The normalized spacial score (nSPS) is 12.5. The predicted molar refractivity (Wildman–Crippen MR) is 335 cm³/mol. The molecule has 0 spiro atoms. The van der Waals surface area contributed by atoms with Crippen LogP contribution >= 0.6 is 0 Å². The molecule has 0 aromatic heterocycles. The quantitative estimate of drug-likeness (QED) is 0.0261. The molecule has 77 heavy (non-hydrogen) atoms. The van der Waals surface area contributed by atoms with E-state index in [4.69, 9.17) is 14.2 Å². The van der Waals surface area contributed by atoms with Gasteiger partial charge in [0.1, 0.15) is 13.2 Å². The van der Waals surface area contributed by atoms with Gasteiger partial charge < -0.3 is 14.2 Å². The maximum absolute atomic E-state index is 12.9. The zero-order valence-corrected chi connectivity index (χ0v) is 51.2. The summed E-state index contributed by atoms with van der Waals surface area (Å²) < 4.78 is 16.9. The van der Waals surface area contributed by atoms with Crippen LogP contribution in [-0.2, 0) is 28.6 Å². The van der Waals surface area contributed by atoms with Crippen LogP contribution in [-0.4, -0.2) is 37.2 Å².